The predicted octanol–water partition coefficient (Wildman–Crippen LogP) is 2.13. The first-order valence-corrected chi connectivity index (χ1v) is 6.88. The molecule has 0 saturated carbocycles. The number of hydrogen-bond donors (Lipinski definition) is 1. The van der Waals surface area contributed by atoms with Crippen molar-refractivity contribution in [3.63, 3.8) is 0 Å². The third-order valence-electron chi connectivity index (χ3n) is 3.84. The van der Waals surface area contributed by atoms with E-state index in [1.54, 1.807) is 0 Å². The van der Waals surface area contributed by atoms with Gasteiger partial charge < -0.3 is 9.74 Å². The van der Waals surface area contributed by atoms with Crippen LogP contribution < -0.4 is 5.90 Å². The number of piperidine rings is 1. The molecule has 1 fully saturated rings. The summed E-state index contributed by atoms with van der Waals surface area (Å²) in [5.41, 5.74) is 1.96. The molecule has 0 bridgehead atoms. The minimum atomic E-state index is 0.147. The Morgan fingerprint density at radius 2 is 1.95 bits per heavy atom. The first-order valence-electron chi connectivity index (χ1n) is 6.88. The maximum Gasteiger partial charge on any atom is 0.253 e. The molecule has 0 atom stereocenters. The molecule has 1 aromatic carbocycles. The lowest BCUT2D eigenvalue weighted by atomic mass is 9.93. The smallest absolute Gasteiger partial charge is 0.253 e. The molecule has 19 heavy (non-hydrogen) atoms. The van der Waals surface area contributed by atoms with Gasteiger partial charge in [-0.25, -0.2) is 5.90 Å². The van der Waals surface area contributed by atoms with Gasteiger partial charge in [0.1, 0.15) is 0 Å². The highest BCUT2D eigenvalue weighted by Gasteiger charge is 2.23. The number of carbonyl (C=O) groups is 1. The maximum absolute atomic E-state index is 12.3. The molecule has 1 saturated heterocycles. The van der Waals surface area contributed by atoms with Crippen LogP contribution in [-0.4, -0.2) is 30.5 Å². The zero-order valence-corrected chi connectivity index (χ0v) is 11.5. The van der Waals surface area contributed by atoms with Crippen molar-refractivity contribution in [1.29, 1.82) is 0 Å². The molecule has 0 aliphatic carbocycles. The van der Waals surface area contributed by atoms with E-state index in [2.05, 4.69) is 4.84 Å². The lowest BCUT2D eigenvalue weighted by Crippen LogP contribution is -2.38. The van der Waals surface area contributed by atoms with E-state index in [0.717, 1.165) is 37.9 Å². The van der Waals surface area contributed by atoms with E-state index in [1.165, 1.54) is 5.56 Å². The molecule has 1 aliphatic rings. The Balaban J connectivity index is 1.87. The molecular formula is C15H22N2O2. The van der Waals surface area contributed by atoms with Gasteiger partial charge in [0.2, 0.25) is 0 Å². The number of benzene rings is 1. The van der Waals surface area contributed by atoms with E-state index in [0.29, 0.717) is 12.5 Å². The molecule has 1 amide bonds. The molecule has 4 nitrogen and oxygen atoms in total. The van der Waals surface area contributed by atoms with Gasteiger partial charge in [0.05, 0.1) is 6.61 Å². The summed E-state index contributed by atoms with van der Waals surface area (Å²) in [4.78, 5) is 18.9. The van der Waals surface area contributed by atoms with E-state index >= 15 is 0 Å². The van der Waals surface area contributed by atoms with Crippen molar-refractivity contribution in [2.24, 2.45) is 11.8 Å². The van der Waals surface area contributed by atoms with E-state index in [1.807, 2.05) is 36.1 Å². The third-order valence-corrected chi connectivity index (χ3v) is 3.84. The summed E-state index contributed by atoms with van der Waals surface area (Å²) in [6.45, 7) is 4.31. The van der Waals surface area contributed by atoms with Crippen LogP contribution in [0.15, 0.2) is 24.3 Å². The molecule has 104 valence electrons. The van der Waals surface area contributed by atoms with Crippen LogP contribution in [0.25, 0.3) is 0 Å². The fourth-order valence-corrected chi connectivity index (χ4v) is 2.54. The quantitative estimate of drug-likeness (QED) is 0.846. The minimum Gasteiger partial charge on any atom is -0.339 e. The average Bonchev–Trinajstić information content (AvgIpc) is 2.46. The summed E-state index contributed by atoms with van der Waals surface area (Å²) in [5.74, 6) is 5.82. The summed E-state index contributed by atoms with van der Waals surface area (Å²) in [5, 5.41) is 0. The molecule has 2 N–H and O–H groups in total. The molecule has 0 unspecified atom stereocenters. The highest BCUT2D eigenvalue weighted by molar-refractivity contribution is 5.94. The van der Waals surface area contributed by atoms with Crippen molar-refractivity contribution < 1.29 is 9.63 Å². The second-order valence-electron chi connectivity index (χ2n) is 5.26. The normalized spacial score (nSPS) is 16.6. The van der Waals surface area contributed by atoms with Crippen molar-refractivity contribution in [3.05, 3.63) is 35.4 Å². The number of aryl methyl sites for hydroxylation is 1. The second kappa shape index (κ2) is 6.68. The number of likely N-dealkylation sites (tertiary alicyclic amines) is 1. The van der Waals surface area contributed by atoms with E-state index in [9.17, 15) is 4.79 Å². The first kappa shape index (κ1) is 14.0. The van der Waals surface area contributed by atoms with Crippen LogP contribution in [0.5, 0.6) is 0 Å². The molecule has 4 heteroatoms. The number of nitrogens with zero attached hydrogens (tertiary/aromatic N) is 1. The number of amides is 1. The fourth-order valence-electron chi connectivity index (χ4n) is 2.54. The van der Waals surface area contributed by atoms with Crippen molar-refractivity contribution in [3.8, 4) is 0 Å². The summed E-state index contributed by atoms with van der Waals surface area (Å²) < 4.78 is 0. The van der Waals surface area contributed by atoms with Crippen LogP contribution in [0.3, 0.4) is 0 Å². The second-order valence-corrected chi connectivity index (χ2v) is 5.26. The standard InChI is InChI=1S/C15H22N2O2/c1-12-2-4-14(5-3-12)15(18)17-9-6-13(7-10-17)8-11-19-16/h2-5,13H,6-11,16H2,1H3. The van der Waals surface area contributed by atoms with Gasteiger partial charge in [-0.05, 0) is 44.2 Å². The highest BCUT2D eigenvalue weighted by Crippen LogP contribution is 2.21. The van der Waals surface area contributed by atoms with Gasteiger partial charge in [0, 0.05) is 18.7 Å². The monoisotopic (exact) mass is 262 g/mol. The van der Waals surface area contributed by atoms with Gasteiger partial charge in [-0.15, -0.1) is 0 Å². The molecule has 0 spiro atoms. The largest absolute Gasteiger partial charge is 0.339 e. The summed E-state index contributed by atoms with van der Waals surface area (Å²) in [6.07, 6.45) is 3.07. The van der Waals surface area contributed by atoms with Gasteiger partial charge in [0.25, 0.3) is 5.91 Å². The zero-order chi connectivity index (χ0) is 13.7. The Bertz CT molecular complexity index is 409. The summed E-state index contributed by atoms with van der Waals surface area (Å²) >= 11 is 0. The zero-order valence-electron chi connectivity index (χ0n) is 11.5. The van der Waals surface area contributed by atoms with Crippen LogP contribution in [0.4, 0.5) is 0 Å². The van der Waals surface area contributed by atoms with Crippen LogP contribution in [-0.2, 0) is 4.84 Å². The molecule has 1 aliphatic heterocycles. The highest BCUT2D eigenvalue weighted by atomic mass is 16.6. The van der Waals surface area contributed by atoms with Gasteiger partial charge in [0.15, 0.2) is 0 Å². The lowest BCUT2D eigenvalue weighted by Gasteiger charge is -2.32. The Kier molecular flexibility index (Phi) is 4.93. The van der Waals surface area contributed by atoms with E-state index in [4.69, 9.17) is 5.90 Å². The first-order chi connectivity index (χ1) is 9.20. The van der Waals surface area contributed by atoms with Gasteiger partial charge in [-0.1, -0.05) is 17.7 Å². The molecule has 1 heterocycles. The van der Waals surface area contributed by atoms with E-state index in [-0.39, 0.29) is 5.91 Å². The van der Waals surface area contributed by atoms with Gasteiger partial charge >= 0.3 is 0 Å². The summed E-state index contributed by atoms with van der Waals surface area (Å²) in [7, 11) is 0. The Labute approximate surface area is 114 Å². The van der Waals surface area contributed by atoms with Gasteiger partial charge in [-0.3, -0.25) is 4.79 Å². The molecular weight excluding hydrogens is 240 g/mol. The Hall–Kier alpha value is -1.39. The average molecular weight is 262 g/mol. The summed E-state index contributed by atoms with van der Waals surface area (Å²) in [6, 6.07) is 7.79. The number of carbonyl (C=O) groups excluding carboxylic acids is 1. The topological polar surface area (TPSA) is 55.6 Å². The molecule has 1 aromatic rings. The number of rotatable bonds is 4. The van der Waals surface area contributed by atoms with Crippen molar-refractivity contribution >= 4 is 5.91 Å². The minimum absolute atomic E-state index is 0.147. The van der Waals surface area contributed by atoms with Crippen LogP contribution >= 0.6 is 0 Å². The molecule has 0 radical (unpaired) electrons. The number of nitrogens with two attached hydrogens (primary N) is 1. The lowest BCUT2D eigenvalue weighted by molar-refractivity contribution is 0.0651. The molecule has 0 aromatic heterocycles. The predicted molar refractivity (Wildman–Crippen MR) is 74.6 cm³/mol. The van der Waals surface area contributed by atoms with Crippen LogP contribution in [0.2, 0.25) is 0 Å². The van der Waals surface area contributed by atoms with Crippen molar-refractivity contribution in [1.82, 2.24) is 4.90 Å². The Morgan fingerprint density at radius 3 is 2.53 bits per heavy atom. The van der Waals surface area contributed by atoms with Crippen LogP contribution in [0, 0.1) is 12.8 Å². The SMILES string of the molecule is Cc1ccc(C(=O)N2CCC(CCON)CC2)cc1. The third kappa shape index (κ3) is 3.78. The maximum atomic E-state index is 12.3. The van der Waals surface area contributed by atoms with Gasteiger partial charge in [-0.2, -0.15) is 0 Å². The van der Waals surface area contributed by atoms with Crippen molar-refractivity contribution in [2.45, 2.75) is 26.2 Å². The van der Waals surface area contributed by atoms with E-state index < -0.39 is 0 Å². The van der Waals surface area contributed by atoms with Crippen molar-refractivity contribution in [2.75, 3.05) is 19.7 Å². The van der Waals surface area contributed by atoms with Crippen LogP contribution in [0.1, 0.15) is 35.2 Å². The number of hydrogen-bond acceptors (Lipinski definition) is 3. The Morgan fingerprint density at radius 1 is 1.32 bits per heavy atom. The molecule has 2 rings (SSSR count). The fraction of sp³-hybridized carbons (Fsp3) is 0.533.